The number of carbonyl (C=O) groups is 1. The molecule has 1 aliphatic rings. The molecule has 0 radical (unpaired) electrons. The molecule has 37 heavy (non-hydrogen) atoms. The average Bonchev–Trinajstić information content (AvgIpc) is 2.88. The van der Waals surface area contributed by atoms with Crippen LogP contribution in [0.4, 0.5) is 21.9 Å². The van der Waals surface area contributed by atoms with Crippen molar-refractivity contribution >= 4 is 70.6 Å². The van der Waals surface area contributed by atoms with Crippen molar-refractivity contribution in [3.63, 3.8) is 0 Å². The monoisotopic (exact) mass is 578 g/mol. The molecule has 3 aromatic rings. The van der Waals surface area contributed by atoms with Crippen LogP contribution in [0.25, 0.3) is 0 Å². The number of anilines is 2. The molecule has 1 amide bonds. The molecule has 1 atom stereocenters. The highest BCUT2D eigenvalue weighted by Gasteiger charge is 2.46. The molecule has 1 aliphatic heterocycles. The number of rotatable bonds is 8. The maximum absolute atomic E-state index is 13.9. The summed E-state index contributed by atoms with van der Waals surface area (Å²) in [6.07, 6.45) is -0.529. The lowest BCUT2D eigenvalue weighted by Crippen LogP contribution is -2.46. The molecule has 0 fully saturated rings. The summed E-state index contributed by atoms with van der Waals surface area (Å²) >= 11 is 19.3. The molecule has 0 spiro atoms. The van der Waals surface area contributed by atoms with E-state index in [1.165, 1.54) is 0 Å². The van der Waals surface area contributed by atoms with Crippen LogP contribution in [0.1, 0.15) is 27.7 Å². The summed E-state index contributed by atoms with van der Waals surface area (Å²) in [6, 6.07) is 18.6. The number of benzene rings is 3. The van der Waals surface area contributed by atoms with E-state index in [1.807, 2.05) is 30.3 Å². The van der Waals surface area contributed by atoms with Gasteiger partial charge in [-0.1, -0.05) is 60.8 Å². The lowest BCUT2D eigenvalue weighted by molar-refractivity contribution is 0.210. The minimum atomic E-state index is -3.02. The lowest BCUT2D eigenvalue weighted by Gasteiger charge is -2.46. The second kappa shape index (κ2) is 11.7. The van der Waals surface area contributed by atoms with Crippen molar-refractivity contribution in [2.45, 2.75) is 27.7 Å². The van der Waals surface area contributed by atoms with E-state index in [0.29, 0.717) is 45.3 Å². The summed E-state index contributed by atoms with van der Waals surface area (Å²) in [7, 11) is -3.02. The van der Waals surface area contributed by atoms with Crippen LogP contribution >= 0.6 is 42.2 Å². The minimum Gasteiger partial charge on any atom is -0.409 e. The van der Waals surface area contributed by atoms with Crippen LogP contribution in [0.5, 0.6) is 5.75 Å². The molecule has 0 N–H and O–H groups in total. The van der Waals surface area contributed by atoms with Crippen LogP contribution in [-0.4, -0.2) is 36.9 Å². The van der Waals surface area contributed by atoms with Gasteiger partial charge in [0.1, 0.15) is 5.75 Å². The largest absolute Gasteiger partial charge is 0.425 e. The fraction of sp³-hybridized carbons (Fsp3) is 0.296. The van der Waals surface area contributed by atoms with Crippen molar-refractivity contribution in [1.29, 1.82) is 0 Å². The van der Waals surface area contributed by atoms with E-state index in [1.54, 1.807) is 28.9 Å². The predicted molar refractivity (Wildman–Crippen MR) is 158 cm³/mol. The van der Waals surface area contributed by atoms with Gasteiger partial charge in [-0.15, -0.1) is 0 Å². The minimum absolute atomic E-state index is 0.338. The summed E-state index contributed by atoms with van der Waals surface area (Å²) in [5.41, 5.74) is 2.13. The highest BCUT2D eigenvalue weighted by atomic mass is 35.5. The van der Waals surface area contributed by atoms with Crippen molar-refractivity contribution in [3.05, 3.63) is 75.7 Å². The van der Waals surface area contributed by atoms with Crippen LogP contribution in [0.3, 0.4) is 0 Å². The molecule has 0 aromatic heterocycles. The molecule has 0 unspecified atom stereocenters. The zero-order valence-electron chi connectivity index (χ0n) is 21.3. The van der Waals surface area contributed by atoms with Crippen molar-refractivity contribution in [2.24, 2.45) is 4.74 Å². The van der Waals surface area contributed by atoms with Crippen molar-refractivity contribution < 1.29 is 9.53 Å². The number of hydrogen-bond acceptors (Lipinski definition) is 4. The van der Waals surface area contributed by atoms with E-state index < -0.39 is 13.4 Å². The molecule has 6 nitrogen and oxygen atoms in total. The fourth-order valence-corrected chi connectivity index (χ4v) is 8.89. The Balaban J connectivity index is 2.12. The van der Waals surface area contributed by atoms with Gasteiger partial charge < -0.3 is 9.64 Å². The second-order valence-electron chi connectivity index (χ2n) is 8.36. The van der Waals surface area contributed by atoms with Crippen LogP contribution < -0.4 is 19.6 Å². The zero-order valence-corrected chi connectivity index (χ0v) is 24.5. The van der Waals surface area contributed by atoms with Crippen LogP contribution in [-0.2, 0) is 0 Å². The number of hydrogen-bond donors (Lipinski definition) is 0. The predicted octanol–water partition coefficient (Wildman–Crippen LogP) is 8.84. The maximum atomic E-state index is 13.9. The first-order valence-electron chi connectivity index (χ1n) is 12.3. The lowest BCUT2D eigenvalue weighted by atomic mass is 10.2. The molecule has 4 rings (SSSR count). The quantitative estimate of drug-likeness (QED) is 0.250. The van der Waals surface area contributed by atoms with Crippen molar-refractivity contribution in [3.8, 4) is 5.75 Å². The van der Waals surface area contributed by atoms with Gasteiger partial charge in [0.05, 0.1) is 31.7 Å². The molecule has 0 saturated heterocycles. The SMILES string of the molecule is CCN(CC)c1ccc2c(c1)OC(=O)N(c1ccc(Cl)c(Cl)c1)[P@@]2(=Nc1ccccc1Cl)N(CC)CC. The van der Waals surface area contributed by atoms with Gasteiger partial charge in [-0.2, -0.15) is 0 Å². The molecule has 0 saturated carbocycles. The van der Waals surface area contributed by atoms with E-state index in [0.717, 1.165) is 24.1 Å². The molecule has 3 aromatic carbocycles. The third-order valence-electron chi connectivity index (χ3n) is 6.42. The summed E-state index contributed by atoms with van der Waals surface area (Å²) < 4.78 is 15.2. The number of carbonyl (C=O) groups excluding carboxylic acids is 1. The third-order valence-corrected chi connectivity index (χ3v) is 11.3. The Morgan fingerprint density at radius 3 is 2.16 bits per heavy atom. The van der Waals surface area contributed by atoms with Crippen molar-refractivity contribution in [1.82, 2.24) is 4.67 Å². The zero-order chi connectivity index (χ0) is 26.7. The fourth-order valence-electron chi connectivity index (χ4n) is 4.60. The number of amides is 1. The number of halogens is 3. The molecule has 196 valence electrons. The highest BCUT2D eigenvalue weighted by Crippen LogP contribution is 2.63. The Morgan fingerprint density at radius 1 is 0.838 bits per heavy atom. The highest BCUT2D eigenvalue weighted by molar-refractivity contribution is 7.74. The molecule has 0 aliphatic carbocycles. The molecule has 1 heterocycles. The van der Waals surface area contributed by atoms with Gasteiger partial charge in [0.25, 0.3) is 0 Å². The van der Waals surface area contributed by atoms with Gasteiger partial charge in [-0.05, 0) is 56.3 Å². The van der Waals surface area contributed by atoms with Gasteiger partial charge in [0.2, 0.25) is 0 Å². The number of nitrogens with zero attached hydrogens (tertiary/aromatic N) is 4. The normalized spacial score (nSPS) is 17.0. The van der Waals surface area contributed by atoms with E-state index in [2.05, 4.69) is 43.3 Å². The summed E-state index contributed by atoms with van der Waals surface area (Å²) in [4.78, 5) is 16.1. The van der Waals surface area contributed by atoms with Crippen molar-refractivity contribution in [2.75, 3.05) is 35.7 Å². The summed E-state index contributed by atoms with van der Waals surface area (Å²) in [5.74, 6) is 0.502. The van der Waals surface area contributed by atoms with Gasteiger partial charge >= 0.3 is 6.09 Å². The van der Waals surface area contributed by atoms with E-state index in [9.17, 15) is 4.79 Å². The van der Waals surface area contributed by atoms with Gasteiger partial charge in [-0.25, -0.2) is 18.9 Å². The van der Waals surface area contributed by atoms with E-state index >= 15 is 0 Å². The number of ether oxygens (including phenoxy) is 1. The van der Waals surface area contributed by atoms with E-state index in [4.69, 9.17) is 44.3 Å². The first-order chi connectivity index (χ1) is 17.8. The third kappa shape index (κ3) is 5.10. The smallest absolute Gasteiger partial charge is 0.409 e. The topological polar surface area (TPSA) is 48.4 Å². The van der Waals surface area contributed by atoms with Crippen LogP contribution in [0.2, 0.25) is 15.1 Å². The van der Waals surface area contributed by atoms with Gasteiger partial charge in [0, 0.05) is 37.9 Å². The molecular weight excluding hydrogens is 550 g/mol. The van der Waals surface area contributed by atoms with Gasteiger partial charge in [-0.3, -0.25) is 0 Å². The Hall–Kier alpha value is -2.21. The number of fused-ring (bicyclic) bond motifs is 1. The maximum Gasteiger partial charge on any atom is 0.425 e. The van der Waals surface area contributed by atoms with Crippen LogP contribution in [0.15, 0.2) is 65.4 Å². The first kappa shape index (κ1) is 27.8. The van der Waals surface area contributed by atoms with E-state index in [-0.39, 0.29) is 0 Å². The van der Waals surface area contributed by atoms with Gasteiger partial charge in [0.15, 0.2) is 7.36 Å². The average molecular weight is 580 g/mol. The van der Waals surface area contributed by atoms with Crippen LogP contribution in [0, 0.1) is 0 Å². The second-order valence-corrected chi connectivity index (χ2v) is 12.4. The summed E-state index contributed by atoms with van der Waals surface area (Å²) in [6.45, 7) is 11.3. The molecule has 0 bridgehead atoms. The Morgan fingerprint density at radius 2 is 1.54 bits per heavy atom. The first-order valence-corrected chi connectivity index (χ1v) is 15.1. The molecule has 10 heteroatoms. The summed E-state index contributed by atoms with van der Waals surface area (Å²) in [5, 5.41) is 2.07. The Bertz CT molecular complexity index is 1360. The molecular formula is C27H30Cl3N4O2P. The standard InChI is InChI=1S/C27H30Cl3N4O2P/c1-5-32(6-2)19-14-16-26-25(18-19)36-27(35)34(20-13-15-21(28)23(30)17-20)37(26,33(7-3)8-4)31-24-12-10-9-11-22(24)29/h9-18H,5-8H2,1-4H3/t37-/m0/s1. The Labute approximate surface area is 233 Å². The Kier molecular flexibility index (Phi) is 8.77.